The lowest BCUT2D eigenvalue weighted by Crippen LogP contribution is -2.41. The molecule has 0 radical (unpaired) electrons. The first-order valence-electron chi connectivity index (χ1n) is 6.08. The molecule has 0 aliphatic carbocycles. The molecule has 2 rings (SSSR count). The smallest absolute Gasteiger partial charge is 0.324 e. The van der Waals surface area contributed by atoms with Gasteiger partial charge in [-0.05, 0) is 31.9 Å². The van der Waals surface area contributed by atoms with Crippen molar-refractivity contribution in [3.8, 4) is 5.75 Å². The quantitative estimate of drug-likeness (QED) is 0.854. The van der Waals surface area contributed by atoms with Gasteiger partial charge in [0.05, 0.1) is 0 Å². The minimum atomic E-state index is 0.0376. The molecule has 0 spiro atoms. The van der Waals surface area contributed by atoms with Gasteiger partial charge < -0.3 is 10.0 Å². The van der Waals surface area contributed by atoms with Gasteiger partial charge in [-0.15, -0.1) is 0 Å². The van der Waals surface area contributed by atoms with E-state index in [2.05, 4.69) is 0 Å². The van der Waals surface area contributed by atoms with E-state index in [0.717, 1.165) is 31.6 Å². The van der Waals surface area contributed by atoms with Crippen LogP contribution in [0, 0.1) is 0 Å². The summed E-state index contributed by atoms with van der Waals surface area (Å²) < 4.78 is 0. The molecule has 0 atom stereocenters. The van der Waals surface area contributed by atoms with Crippen LogP contribution in [0.4, 0.5) is 10.5 Å². The highest BCUT2D eigenvalue weighted by molar-refractivity contribution is 5.92. The van der Waals surface area contributed by atoms with Crippen LogP contribution in [0.5, 0.6) is 5.75 Å². The third-order valence-electron chi connectivity index (χ3n) is 3.07. The number of phenolic OH excluding ortho intramolecular Hbond substituents is 1. The number of hydrogen-bond acceptors (Lipinski definition) is 2. The normalized spacial score (nSPS) is 15.0. The van der Waals surface area contributed by atoms with E-state index in [-0.39, 0.29) is 11.8 Å². The standard InChI is InChI=1S/C13H18N2O2/c1-2-15(11-6-5-7-12(16)10-11)13(17)14-8-3-4-9-14/h5-7,10,16H,2-4,8-9H2,1H3. The number of hydrogen-bond donors (Lipinski definition) is 1. The SMILES string of the molecule is CCN(C(=O)N1CCCC1)c1cccc(O)c1. The van der Waals surface area contributed by atoms with Crippen molar-refractivity contribution in [2.45, 2.75) is 19.8 Å². The molecule has 1 aromatic carbocycles. The average Bonchev–Trinajstić information content (AvgIpc) is 2.83. The van der Waals surface area contributed by atoms with Crippen LogP contribution < -0.4 is 4.90 Å². The first-order chi connectivity index (χ1) is 8.22. The Morgan fingerprint density at radius 3 is 2.71 bits per heavy atom. The molecular weight excluding hydrogens is 216 g/mol. The number of carbonyl (C=O) groups excluding carboxylic acids is 1. The van der Waals surface area contributed by atoms with Crippen molar-refractivity contribution in [1.82, 2.24) is 4.90 Å². The number of likely N-dealkylation sites (tertiary alicyclic amines) is 1. The Hall–Kier alpha value is -1.71. The topological polar surface area (TPSA) is 43.8 Å². The summed E-state index contributed by atoms with van der Waals surface area (Å²) in [5, 5.41) is 9.45. The largest absolute Gasteiger partial charge is 0.508 e. The molecule has 1 N–H and O–H groups in total. The van der Waals surface area contributed by atoms with Crippen molar-refractivity contribution in [2.24, 2.45) is 0 Å². The maximum Gasteiger partial charge on any atom is 0.324 e. The molecule has 4 heteroatoms. The Morgan fingerprint density at radius 2 is 2.12 bits per heavy atom. The molecule has 1 aliphatic rings. The van der Waals surface area contributed by atoms with Gasteiger partial charge in [0.2, 0.25) is 0 Å². The molecule has 0 saturated carbocycles. The van der Waals surface area contributed by atoms with Gasteiger partial charge in [0.15, 0.2) is 0 Å². The number of phenols is 1. The van der Waals surface area contributed by atoms with Crippen LogP contribution in [0.25, 0.3) is 0 Å². The fourth-order valence-electron chi connectivity index (χ4n) is 2.17. The highest BCUT2D eigenvalue weighted by Gasteiger charge is 2.23. The van der Waals surface area contributed by atoms with Crippen LogP contribution in [0.1, 0.15) is 19.8 Å². The summed E-state index contributed by atoms with van der Waals surface area (Å²) in [5.41, 5.74) is 0.754. The first-order valence-corrected chi connectivity index (χ1v) is 6.08. The molecule has 92 valence electrons. The van der Waals surface area contributed by atoms with Crippen molar-refractivity contribution >= 4 is 11.7 Å². The van der Waals surface area contributed by atoms with Gasteiger partial charge in [-0.3, -0.25) is 4.90 Å². The van der Waals surface area contributed by atoms with Gasteiger partial charge in [0, 0.05) is 31.4 Å². The highest BCUT2D eigenvalue weighted by Crippen LogP contribution is 2.22. The molecule has 0 bridgehead atoms. The fraction of sp³-hybridized carbons (Fsp3) is 0.462. The zero-order chi connectivity index (χ0) is 12.3. The van der Waals surface area contributed by atoms with Crippen LogP contribution in [0.3, 0.4) is 0 Å². The zero-order valence-corrected chi connectivity index (χ0v) is 10.1. The highest BCUT2D eigenvalue weighted by atomic mass is 16.3. The zero-order valence-electron chi connectivity index (χ0n) is 10.1. The molecule has 1 fully saturated rings. The third kappa shape index (κ3) is 2.52. The molecular formula is C13H18N2O2. The van der Waals surface area contributed by atoms with Crippen LogP contribution in [-0.2, 0) is 0 Å². The lowest BCUT2D eigenvalue weighted by Gasteiger charge is -2.26. The van der Waals surface area contributed by atoms with E-state index < -0.39 is 0 Å². The summed E-state index contributed by atoms with van der Waals surface area (Å²) in [7, 11) is 0. The number of nitrogens with zero attached hydrogens (tertiary/aromatic N) is 2. The first kappa shape index (κ1) is 11.8. The molecule has 1 aromatic rings. The van der Waals surface area contributed by atoms with Gasteiger partial charge in [-0.2, -0.15) is 0 Å². The molecule has 4 nitrogen and oxygen atoms in total. The molecule has 2 amide bonds. The van der Waals surface area contributed by atoms with Crippen LogP contribution >= 0.6 is 0 Å². The van der Waals surface area contributed by atoms with Crippen LogP contribution in [0.15, 0.2) is 24.3 Å². The number of amides is 2. The number of urea groups is 1. The molecule has 17 heavy (non-hydrogen) atoms. The minimum absolute atomic E-state index is 0.0376. The van der Waals surface area contributed by atoms with Crippen LogP contribution in [0.2, 0.25) is 0 Å². The Balaban J connectivity index is 2.17. The maximum atomic E-state index is 12.3. The monoisotopic (exact) mass is 234 g/mol. The summed E-state index contributed by atoms with van der Waals surface area (Å²) in [6, 6.07) is 6.87. The lowest BCUT2D eigenvalue weighted by atomic mass is 10.2. The molecule has 1 heterocycles. The molecule has 1 aliphatic heterocycles. The predicted molar refractivity (Wildman–Crippen MR) is 67.3 cm³/mol. The minimum Gasteiger partial charge on any atom is -0.508 e. The molecule has 0 aromatic heterocycles. The van der Waals surface area contributed by atoms with E-state index in [9.17, 15) is 9.90 Å². The van der Waals surface area contributed by atoms with Crippen molar-refractivity contribution in [1.29, 1.82) is 0 Å². The van der Waals surface area contributed by atoms with Crippen molar-refractivity contribution in [2.75, 3.05) is 24.5 Å². The number of benzene rings is 1. The van der Waals surface area contributed by atoms with Crippen LogP contribution in [-0.4, -0.2) is 35.7 Å². The molecule has 0 unspecified atom stereocenters. The Labute approximate surface area is 101 Å². The summed E-state index contributed by atoms with van der Waals surface area (Å²) in [4.78, 5) is 15.8. The Kier molecular flexibility index (Phi) is 3.52. The van der Waals surface area contributed by atoms with E-state index in [1.54, 1.807) is 23.1 Å². The number of aromatic hydroxyl groups is 1. The summed E-state index contributed by atoms with van der Waals surface area (Å²) in [5.74, 6) is 0.190. The summed E-state index contributed by atoms with van der Waals surface area (Å²) >= 11 is 0. The summed E-state index contributed by atoms with van der Waals surface area (Å²) in [6.07, 6.45) is 2.17. The van der Waals surface area contributed by atoms with E-state index in [1.165, 1.54) is 0 Å². The second-order valence-corrected chi connectivity index (χ2v) is 4.24. The van der Waals surface area contributed by atoms with E-state index in [1.807, 2.05) is 17.9 Å². The predicted octanol–water partition coefficient (Wildman–Crippen LogP) is 2.43. The fourth-order valence-corrected chi connectivity index (χ4v) is 2.17. The Morgan fingerprint density at radius 1 is 1.41 bits per heavy atom. The number of anilines is 1. The van der Waals surface area contributed by atoms with Gasteiger partial charge in [0.25, 0.3) is 0 Å². The van der Waals surface area contributed by atoms with Crippen molar-refractivity contribution < 1.29 is 9.90 Å². The average molecular weight is 234 g/mol. The van der Waals surface area contributed by atoms with Crippen molar-refractivity contribution in [3.05, 3.63) is 24.3 Å². The Bertz CT molecular complexity index is 400. The van der Waals surface area contributed by atoms with E-state index >= 15 is 0 Å². The van der Waals surface area contributed by atoms with Gasteiger partial charge in [-0.1, -0.05) is 6.07 Å². The molecule has 1 saturated heterocycles. The van der Waals surface area contributed by atoms with E-state index in [4.69, 9.17) is 0 Å². The van der Waals surface area contributed by atoms with Gasteiger partial charge >= 0.3 is 6.03 Å². The lowest BCUT2D eigenvalue weighted by molar-refractivity contribution is 0.216. The number of rotatable bonds is 2. The second-order valence-electron chi connectivity index (χ2n) is 4.24. The van der Waals surface area contributed by atoms with Gasteiger partial charge in [0.1, 0.15) is 5.75 Å². The van der Waals surface area contributed by atoms with Gasteiger partial charge in [-0.25, -0.2) is 4.79 Å². The van der Waals surface area contributed by atoms with E-state index in [0.29, 0.717) is 6.54 Å². The second kappa shape index (κ2) is 5.08. The summed E-state index contributed by atoms with van der Waals surface area (Å²) in [6.45, 7) is 4.24. The van der Waals surface area contributed by atoms with Crippen molar-refractivity contribution in [3.63, 3.8) is 0 Å². The maximum absolute atomic E-state index is 12.3. The number of carbonyl (C=O) groups is 1. The third-order valence-corrected chi connectivity index (χ3v) is 3.07.